The number of hydrogen-bond acceptors (Lipinski definition) is 2. The van der Waals surface area contributed by atoms with Crippen LogP contribution < -0.4 is 11.1 Å². The van der Waals surface area contributed by atoms with E-state index in [1.54, 1.807) is 0 Å². The highest BCUT2D eigenvalue weighted by atomic mass is 16.2. The number of carbonyl (C=O) groups excluding carboxylic acids is 1. The van der Waals surface area contributed by atoms with Crippen LogP contribution in [-0.4, -0.2) is 17.5 Å². The highest BCUT2D eigenvalue weighted by Gasteiger charge is 2.38. The van der Waals surface area contributed by atoms with Gasteiger partial charge in [0, 0.05) is 11.6 Å². The van der Waals surface area contributed by atoms with Crippen LogP contribution in [0.15, 0.2) is 12.2 Å². The number of amides is 1. The van der Waals surface area contributed by atoms with Crippen molar-refractivity contribution in [3.8, 4) is 0 Å². The Labute approximate surface area is 91.1 Å². The first-order valence-electron chi connectivity index (χ1n) is 5.91. The lowest BCUT2D eigenvalue weighted by Gasteiger charge is -2.42. The van der Waals surface area contributed by atoms with Gasteiger partial charge in [-0.2, -0.15) is 0 Å². The molecule has 1 amide bonds. The van der Waals surface area contributed by atoms with Crippen molar-refractivity contribution in [1.82, 2.24) is 5.32 Å². The van der Waals surface area contributed by atoms with Crippen LogP contribution in [0.5, 0.6) is 0 Å². The molecular weight excluding hydrogens is 188 g/mol. The second-order valence-corrected chi connectivity index (χ2v) is 4.87. The van der Waals surface area contributed by atoms with Gasteiger partial charge in [0.1, 0.15) is 0 Å². The fourth-order valence-electron chi connectivity index (χ4n) is 2.45. The summed E-state index contributed by atoms with van der Waals surface area (Å²) in [5, 5.41) is 3.20. The number of rotatable bonds is 3. The molecule has 1 saturated carbocycles. The summed E-state index contributed by atoms with van der Waals surface area (Å²) in [6.07, 6.45) is 9.21. The predicted molar refractivity (Wildman–Crippen MR) is 60.2 cm³/mol. The van der Waals surface area contributed by atoms with Crippen LogP contribution in [0.2, 0.25) is 0 Å². The van der Waals surface area contributed by atoms with Crippen molar-refractivity contribution in [3.63, 3.8) is 0 Å². The van der Waals surface area contributed by atoms with Gasteiger partial charge in [0.25, 0.3) is 0 Å². The standard InChI is InChI=1S/C12H20N2O/c1-2-12(6-3-7-12)14-11(15)9-4-5-10(13)8-9/h4-5,9-10H,2-3,6-8,13H2,1H3,(H,14,15). The molecule has 0 aliphatic heterocycles. The largest absolute Gasteiger partial charge is 0.350 e. The van der Waals surface area contributed by atoms with Gasteiger partial charge in [-0.15, -0.1) is 0 Å². The van der Waals surface area contributed by atoms with E-state index in [0.717, 1.165) is 25.7 Å². The molecule has 2 aliphatic rings. The highest BCUT2D eigenvalue weighted by molar-refractivity contribution is 5.82. The van der Waals surface area contributed by atoms with Gasteiger partial charge in [-0.05, 0) is 32.1 Å². The summed E-state index contributed by atoms with van der Waals surface area (Å²) < 4.78 is 0. The second-order valence-electron chi connectivity index (χ2n) is 4.87. The topological polar surface area (TPSA) is 55.1 Å². The Morgan fingerprint density at radius 3 is 2.67 bits per heavy atom. The third-order valence-corrected chi connectivity index (χ3v) is 3.83. The summed E-state index contributed by atoms with van der Waals surface area (Å²) in [7, 11) is 0. The number of hydrogen-bond donors (Lipinski definition) is 2. The Kier molecular flexibility index (Phi) is 2.83. The van der Waals surface area contributed by atoms with E-state index in [2.05, 4.69) is 12.2 Å². The first-order chi connectivity index (χ1) is 7.15. The van der Waals surface area contributed by atoms with Gasteiger partial charge in [-0.1, -0.05) is 19.1 Å². The molecule has 2 aliphatic carbocycles. The molecule has 0 saturated heterocycles. The lowest BCUT2D eigenvalue weighted by atomic mass is 9.74. The lowest BCUT2D eigenvalue weighted by Crippen LogP contribution is -2.54. The van der Waals surface area contributed by atoms with E-state index < -0.39 is 0 Å². The number of nitrogens with one attached hydrogen (secondary N) is 1. The quantitative estimate of drug-likeness (QED) is 0.688. The van der Waals surface area contributed by atoms with Crippen molar-refractivity contribution in [1.29, 1.82) is 0 Å². The Morgan fingerprint density at radius 1 is 1.53 bits per heavy atom. The molecule has 2 unspecified atom stereocenters. The van der Waals surface area contributed by atoms with Crippen LogP contribution in [0, 0.1) is 5.92 Å². The summed E-state index contributed by atoms with van der Waals surface area (Å²) in [6, 6.07) is 0.0692. The molecule has 0 aromatic heterocycles. The van der Waals surface area contributed by atoms with Gasteiger partial charge < -0.3 is 11.1 Å². The molecule has 2 atom stereocenters. The number of carbonyl (C=O) groups is 1. The van der Waals surface area contributed by atoms with Crippen molar-refractivity contribution in [2.75, 3.05) is 0 Å². The van der Waals surface area contributed by atoms with E-state index in [9.17, 15) is 4.79 Å². The van der Waals surface area contributed by atoms with Gasteiger partial charge in [0.15, 0.2) is 0 Å². The highest BCUT2D eigenvalue weighted by Crippen LogP contribution is 2.35. The Balaban J connectivity index is 1.89. The molecule has 3 nitrogen and oxygen atoms in total. The zero-order valence-electron chi connectivity index (χ0n) is 9.33. The van der Waals surface area contributed by atoms with Gasteiger partial charge >= 0.3 is 0 Å². The minimum absolute atomic E-state index is 0.00373. The first-order valence-corrected chi connectivity index (χ1v) is 5.91. The molecule has 0 radical (unpaired) electrons. The van der Waals surface area contributed by atoms with Gasteiger partial charge in [-0.3, -0.25) is 4.79 Å². The minimum atomic E-state index is 0.00373. The van der Waals surface area contributed by atoms with Gasteiger partial charge in [-0.25, -0.2) is 0 Å². The van der Waals surface area contributed by atoms with Crippen molar-refractivity contribution in [2.45, 2.75) is 50.6 Å². The van der Waals surface area contributed by atoms with E-state index >= 15 is 0 Å². The molecule has 0 heterocycles. The fourth-order valence-corrected chi connectivity index (χ4v) is 2.45. The molecular formula is C12H20N2O. The van der Waals surface area contributed by atoms with E-state index in [0.29, 0.717) is 0 Å². The lowest BCUT2D eigenvalue weighted by molar-refractivity contribution is -0.126. The SMILES string of the molecule is CCC1(NC(=O)C2C=CC(N)C2)CCC1. The molecule has 3 heteroatoms. The van der Waals surface area contributed by atoms with E-state index in [4.69, 9.17) is 5.73 Å². The van der Waals surface area contributed by atoms with Crippen molar-refractivity contribution in [3.05, 3.63) is 12.2 Å². The van der Waals surface area contributed by atoms with Crippen LogP contribution in [0.4, 0.5) is 0 Å². The predicted octanol–water partition coefficient (Wildman–Crippen LogP) is 1.34. The average molecular weight is 208 g/mol. The van der Waals surface area contributed by atoms with E-state index in [1.165, 1.54) is 6.42 Å². The Hall–Kier alpha value is -0.830. The van der Waals surface area contributed by atoms with Gasteiger partial charge in [0.2, 0.25) is 5.91 Å². The van der Waals surface area contributed by atoms with Crippen molar-refractivity contribution in [2.24, 2.45) is 11.7 Å². The van der Waals surface area contributed by atoms with Gasteiger partial charge in [0.05, 0.1) is 5.92 Å². The van der Waals surface area contributed by atoms with Crippen LogP contribution >= 0.6 is 0 Å². The number of nitrogens with two attached hydrogens (primary N) is 1. The summed E-state index contributed by atoms with van der Waals surface area (Å²) in [5.41, 5.74) is 5.85. The average Bonchev–Trinajstić information content (AvgIpc) is 2.58. The molecule has 0 aromatic carbocycles. The van der Waals surface area contributed by atoms with Crippen LogP contribution in [0.1, 0.15) is 39.0 Å². The molecule has 0 aromatic rings. The molecule has 15 heavy (non-hydrogen) atoms. The fraction of sp³-hybridized carbons (Fsp3) is 0.750. The zero-order chi connectivity index (χ0) is 10.9. The summed E-state index contributed by atoms with van der Waals surface area (Å²) in [6.45, 7) is 2.15. The van der Waals surface area contributed by atoms with Crippen molar-refractivity contribution >= 4 is 5.91 Å². The smallest absolute Gasteiger partial charge is 0.227 e. The maximum atomic E-state index is 11.9. The first kappa shape index (κ1) is 10.7. The normalized spacial score (nSPS) is 32.4. The maximum absolute atomic E-state index is 11.9. The monoisotopic (exact) mass is 208 g/mol. The van der Waals surface area contributed by atoms with Crippen LogP contribution in [0.25, 0.3) is 0 Å². The molecule has 0 spiro atoms. The maximum Gasteiger partial charge on any atom is 0.227 e. The zero-order valence-corrected chi connectivity index (χ0v) is 9.33. The molecule has 1 fully saturated rings. The molecule has 0 bridgehead atoms. The Morgan fingerprint density at radius 2 is 2.27 bits per heavy atom. The van der Waals surface area contributed by atoms with Crippen LogP contribution in [-0.2, 0) is 4.79 Å². The third kappa shape index (κ3) is 2.07. The van der Waals surface area contributed by atoms with Crippen molar-refractivity contribution < 1.29 is 4.79 Å². The van der Waals surface area contributed by atoms with E-state index in [1.807, 2.05) is 12.2 Å². The summed E-state index contributed by atoms with van der Waals surface area (Å²) in [4.78, 5) is 11.9. The summed E-state index contributed by atoms with van der Waals surface area (Å²) >= 11 is 0. The molecule has 84 valence electrons. The molecule has 3 N–H and O–H groups in total. The summed E-state index contributed by atoms with van der Waals surface area (Å²) in [5.74, 6) is 0.171. The van der Waals surface area contributed by atoms with E-state index in [-0.39, 0.29) is 23.4 Å². The molecule has 2 rings (SSSR count). The second kappa shape index (κ2) is 3.97. The Bertz CT molecular complexity index is 276. The van der Waals surface area contributed by atoms with Crippen LogP contribution in [0.3, 0.4) is 0 Å². The third-order valence-electron chi connectivity index (χ3n) is 3.83. The minimum Gasteiger partial charge on any atom is -0.350 e.